The summed E-state index contributed by atoms with van der Waals surface area (Å²) in [6.07, 6.45) is 0. The fraction of sp³-hybridized carbons (Fsp3) is 0.364. The Morgan fingerprint density at radius 3 is 2.61 bits per heavy atom. The summed E-state index contributed by atoms with van der Waals surface area (Å²) in [4.78, 5) is 21.7. The van der Waals surface area contributed by atoms with Crippen molar-refractivity contribution in [2.75, 3.05) is 57.2 Å². The molecular formula is C22H26ClN3O5S2. The van der Waals surface area contributed by atoms with Crippen molar-refractivity contribution in [2.45, 2.75) is 4.90 Å². The molecule has 0 unspecified atom stereocenters. The van der Waals surface area contributed by atoms with Gasteiger partial charge in [-0.1, -0.05) is 29.5 Å². The number of halogens is 1. The highest BCUT2D eigenvalue weighted by molar-refractivity contribution is 7.92. The molecule has 1 aromatic heterocycles. The van der Waals surface area contributed by atoms with Crippen LogP contribution >= 0.6 is 23.7 Å². The molecule has 4 rings (SSSR count). The second-order valence-electron chi connectivity index (χ2n) is 7.40. The van der Waals surface area contributed by atoms with Gasteiger partial charge < -0.3 is 9.47 Å². The Balaban J connectivity index is 0.00000306. The topological polar surface area (TPSA) is 89.0 Å². The first-order valence-electron chi connectivity index (χ1n) is 10.3. The van der Waals surface area contributed by atoms with Crippen LogP contribution < -0.4 is 9.64 Å². The molecule has 1 amide bonds. The predicted molar refractivity (Wildman–Crippen MR) is 132 cm³/mol. The van der Waals surface area contributed by atoms with Crippen LogP contribution in [0.1, 0.15) is 0 Å². The van der Waals surface area contributed by atoms with Crippen LogP contribution in [0.15, 0.2) is 53.4 Å². The molecular weight excluding hydrogens is 486 g/mol. The van der Waals surface area contributed by atoms with Gasteiger partial charge in [-0.2, -0.15) is 0 Å². The van der Waals surface area contributed by atoms with Crippen molar-refractivity contribution < 1.29 is 22.7 Å². The molecule has 2 aromatic carbocycles. The van der Waals surface area contributed by atoms with Gasteiger partial charge >= 0.3 is 0 Å². The third-order valence-corrected chi connectivity index (χ3v) is 7.93. The number of amides is 1. The maximum atomic E-state index is 13.3. The Morgan fingerprint density at radius 1 is 1.18 bits per heavy atom. The normalized spacial score (nSPS) is 14.6. The van der Waals surface area contributed by atoms with Crippen LogP contribution in [0.3, 0.4) is 0 Å². The van der Waals surface area contributed by atoms with Gasteiger partial charge in [-0.3, -0.25) is 14.6 Å². The number of hydrogen-bond acceptors (Lipinski definition) is 8. The smallest absolute Gasteiger partial charge is 0.244 e. The number of carbonyl (C=O) groups excluding carboxylic acids is 1. The second-order valence-corrected chi connectivity index (χ2v) is 10.4. The number of hydrogen-bond donors (Lipinski definition) is 0. The van der Waals surface area contributed by atoms with Crippen molar-refractivity contribution in [1.82, 2.24) is 9.88 Å². The summed E-state index contributed by atoms with van der Waals surface area (Å²) in [5.41, 5.74) is 0.737. The van der Waals surface area contributed by atoms with E-state index in [9.17, 15) is 13.2 Å². The van der Waals surface area contributed by atoms with Gasteiger partial charge in [0.25, 0.3) is 0 Å². The van der Waals surface area contributed by atoms with E-state index in [1.54, 1.807) is 25.3 Å². The van der Waals surface area contributed by atoms with Gasteiger partial charge in [0.15, 0.2) is 15.0 Å². The van der Waals surface area contributed by atoms with Crippen molar-refractivity contribution in [2.24, 2.45) is 0 Å². The number of carbonyl (C=O) groups is 1. The monoisotopic (exact) mass is 511 g/mol. The predicted octanol–water partition coefficient (Wildman–Crippen LogP) is 2.87. The molecule has 178 valence electrons. The summed E-state index contributed by atoms with van der Waals surface area (Å²) in [5.74, 6) is -0.405. The number of thiazole rings is 1. The molecule has 3 aromatic rings. The first-order valence-corrected chi connectivity index (χ1v) is 12.8. The van der Waals surface area contributed by atoms with E-state index in [0.717, 1.165) is 23.3 Å². The van der Waals surface area contributed by atoms with Crippen LogP contribution in [0.5, 0.6) is 5.75 Å². The summed E-state index contributed by atoms with van der Waals surface area (Å²) in [7, 11) is -2.17. The summed E-state index contributed by atoms with van der Waals surface area (Å²) in [6, 6.07) is 13.6. The number of aromatic nitrogens is 1. The molecule has 0 atom stereocenters. The maximum absolute atomic E-state index is 13.3. The number of anilines is 1. The number of methoxy groups -OCH3 is 1. The third kappa shape index (κ3) is 6.21. The van der Waals surface area contributed by atoms with E-state index in [1.165, 1.54) is 28.4 Å². The number of sulfone groups is 1. The Bertz CT molecular complexity index is 1180. The summed E-state index contributed by atoms with van der Waals surface area (Å²) in [5, 5.41) is 0.481. The second kappa shape index (κ2) is 11.3. The van der Waals surface area contributed by atoms with Crippen LogP contribution in [0.25, 0.3) is 10.2 Å². The Kier molecular flexibility index (Phi) is 8.66. The van der Waals surface area contributed by atoms with E-state index in [1.807, 2.05) is 18.2 Å². The molecule has 8 nitrogen and oxygen atoms in total. The summed E-state index contributed by atoms with van der Waals surface area (Å²) in [6.45, 7) is 3.82. The number of nitrogens with zero attached hydrogens (tertiary/aromatic N) is 3. The number of ether oxygens (including phenoxy) is 2. The van der Waals surface area contributed by atoms with E-state index in [4.69, 9.17) is 9.47 Å². The van der Waals surface area contributed by atoms with Crippen molar-refractivity contribution in [3.05, 3.63) is 48.5 Å². The fourth-order valence-corrected chi connectivity index (χ4v) is 5.74. The van der Waals surface area contributed by atoms with Crippen LogP contribution in [-0.4, -0.2) is 76.5 Å². The third-order valence-electron chi connectivity index (χ3n) is 5.28. The molecule has 11 heteroatoms. The number of morpholine rings is 1. The van der Waals surface area contributed by atoms with Gasteiger partial charge in [0, 0.05) is 26.2 Å². The van der Waals surface area contributed by atoms with Gasteiger partial charge in [0.2, 0.25) is 5.91 Å². The molecule has 0 bridgehead atoms. The molecule has 33 heavy (non-hydrogen) atoms. The average Bonchev–Trinajstić information content (AvgIpc) is 3.23. The van der Waals surface area contributed by atoms with E-state index in [0.29, 0.717) is 37.2 Å². The zero-order chi connectivity index (χ0) is 22.6. The highest BCUT2D eigenvalue weighted by Gasteiger charge is 2.27. The lowest BCUT2D eigenvalue weighted by molar-refractivity contribution is -0.116. The van der Waals surface area contributed by atoms with Crippen LogP contribution in [0.2, 0.25) is 0 Å². The molecule has 0 aliphatic carbocycles. The fourth-order valence-electron chi connectivity index (χ4n) is 3.48. The Hall–Kier alpha value is -2.24. The van der Waals surface area contributed by atoms with E-state index >= 15 is 0 Å². The number of rotatable bonds is 8. The molecule has 1 aliphatic rings. The van der Waals surface area contributed by atoms with Gasteiger partial charge in [0.1, 0.15) is 11.5 Å². The highest BCUT2D eigenvalue weighted by atomic mass is 35.5. The van der Waals surface area contributed by atoms with Gasteiger partial charge in [-0.25, -0.2) is 13.4 Å². The van der Waals surface area contributed by atoms with Gasteiger partial charge in [-0.05, 0) is 30.3 Å². The van der Waals surface area contributed by atoms with Gasteiger partial charge in [-0.15, -0.1) is 12.4 Å². The van der Waals surface area contributed by atoms with E-state index in [-0.39, 0.29) is 17.3 Å². The average molecular weight is 512 g/mol. The Morgan fingerprint density at radius 2 is 1.91 bits per heavy atom. The first-order chi connectivity index (χ1) is 15.5. The minimum atomic E-state index is -3.76. The maximum Gasteiger partial charge on any atom is 0.244 e. The lowest BCUT2D eigenvalue weighted by Gasteiger charge is -2.29. The van der Waals surface area contributed by atoms with Crippen molar-refractivity contribution >= 4 is 54.8 Å². The minimum Gasteiger partial charge on any atom is -0.497 e. The van der Waals surface area contributed by atoms with Crippen LogP contribution in [-0.2, 0) is 19.4 Å². The van der Waals surface area contributed by atoms with Gasteiger partial charge in [0.05, 0.1) is 35.4 Å². The number of fused-ring (bicyclic) bond motifs is 1. The highest BCUT2D eigenvalue weighted by Crippen LogP contribution is 2.32. The molecule has 0 saturated carbocycles. The molecule has 1 fully saturated rings. The molecule has 0 radical (unpaired) electrons. The van der Waals surface area contributed by atoms with Crippen LogP contribution in [0.4, 0.5) is 5.13 Å². The standard InChI is InChI=1S/C22H25N3O5S2.ClH/c1-29-17-7-8-19-20(15-17)31-22(23-19)25(10-9-24-11-13-30-14-12-24)21(26)16-32(27,28)18-5-3-2-4-6-18;/h2-8,15H,9-14,16H2,1H3;1H. The quantitative estimate of drug-likeness (QED) is 0.459. The van der Waals surface area contributed by atoms with Crippen molar-refractivity contribution in [3.63, 3.8) is 0 Å². The lowest BCUT2D eigenvalue weighted by Crippen LogP contribution is -2.44. The zero-order valence-corrected chi connectivity index (χ0v) is 20.6. The zero-order valence-electron chi connectivity index (χ0n) is 18.2. The summed E-state index contributed by atoms with van der Waals surface area (Å²) >= 11 is 1.35. The number of benzene rings is 2. The molecule has 0 spiro atoms. The molecule has 1 saturated heterocycles. The first kappa shape index (κ1) is 25.4. The lowest BCUT2D eigenvalue weighted by atomic mass is 10.3. The largest absolute Gasteiger partial charge is 0.497 e. The molecule has 1 aliphatic heterocycles. The summed E-state index contributed by atoms with van der Waals surface area (Å²) < 4.78 is 37.2. The molecule has 0 N–H and O–H groups in total. The molecule has 2 heterocycles. The Labute approximate surface area is 203 Å². The van der Waals surface area contributed by atoms with E-state index < -0.39 is 21.5 Å². The van der Waals surface area contributed by atoms with Crippen LogP contribution in [0, 0.1) is 0 Å². The van der Waals surface area contributed by atoms with Crippen molar-refractivity contribution in [3.8, 4) is 5.75 Å². The van der Waals surface area contributed by atoms with E-state index in [2.05, 4.69) is 9.88 Å². The van der Waals surface area contributed by atoms with Crippen molar-refractivity contribution in [1.29, 1.82) is 0 Å². The SMILES string of the molecule is COc1ccc2nc(N(CCN3CCOCC3)C(=O)CS(=O)(=O)c3ccccc3)sc2c1.Cl. The minimum absolute atomic E-state index is 0.